The predicted molar refractivity (Wildman–Crippen MR) is 84.3 cm³/mol. The number of urea groups is 1. The van der Waals surface area contributed by atoms with Crippen molar-refractivity contribution in [2.45, 2.75) is 13.0 Å². The lowest BCUT2D eigenvalue weighted by Gasteiger charge is -2.11. The van der Waals surface area contributed by atoms with E-state index in [1.54, 1.807) is 25.5 Å². The van der Waals surface area contributed by atoms with Crippen molar-refractivity contribution in [1.82, 2.24) is 15.6 Å². The molecule has 0 bridgehead atoms. The minimum Gasteiger partial charge on any atom is -0.359 e. The maximum atomic E-state index is 12.0. The van der Waals surface area contributed by atoms with Crippen molar-refractivity contribution in [2.24, 2.45) is 0 Å². The summed E-state index contributed by atoms with van der Waals surface area (Å²) in [4.78, 5) is 27.4. The van der Waals surface area contributed by atoms with Gasteiger partial charge in [-0.3, -0.25) is 9.78 Å². The summed E-state index contributed by atoms with van der Waals surface area (Å²) >= 11 is 0. The third-order valence-electron chi connectivity index (χ3n) is 3.07. The van der Waals surface area contributed by atoms with Gasteiger partial charge in [-0.15, -0.1) is 0 Å². The molecule has 1 aromatic heterocycles. The second-order valence-electron chi connectivity index (χ2n) is 4.68. The van der Waals surface area contributed by atoms with Crippen molar-refractivity contribution in [3.8, 4) is 0 Å². The van der Waals surface area contributed by atoms with Gasteiger partial charge in [0.15, 0.2) is 0 Å². The number of nitrogens with one attached hydrogen (secondary N) is 3. The van der Waals surface area contributed by atoms with E-state index >= 15 is 0 Å². The lowest BCUT2D eigenvalue weighted by Crippen LogP contribution is -2.29. The Morgan fingerprint density at radius 3 is 2.68 bits per heavy atom. The summed E-state index contributed by atoms with van der Waals surface area (Å²) in [6, 6.07) is 10.6. The molecule has 0 aliphatic carbocycles. The fourth-order valence-corrected chi connectivity index (χ4v) is 1.91. The molecule has 2 aromatic rings. The number of para-hydroxylation sites is 1. The van der Waals surface area contributed by atoms with E-state index in [4.69, 9.17) is 0 Å². The molecule has 22 heavy (non-hydrogen) atoms. The average molecular weight is 298 g/mol. The molecule has 0 aliphatic heterocycles. The fraction of sp³-hybridized carbons (Fsp3) is 0.188. The molecule has 1 aromatic carbocycles. The van der Waals surface area contributed by atoms with Crippen molar-refractivity contribution in [2.75, 3.05) is 12.4 Å². The number of hydrogen-bond acceptors (Lipinski definition) is 3. The van der Waals surface area contributed by atoms with Crippen LogP contribution in [0.4, 0.5) is 10.5 Å². The molecule has 0 unspecified atom stereocenters. The number of aromatic nitrogens is 1. The average Bonchev–Trinajstić information content (AvgIpc) is 2.55. The highest BCUT2D eigenvalue weighted by atomic mass is 16.2. The molecular weight excluding hydrogens is 280 g/mol. The number of amides is 3. The lowest BCUT2D eigenvalue weighted by molar-refractivity contribution is -0.119. The Morgan fingerprint density at radius 2 is 1.95 bits per heavy atom. The van der Waals surface area contributed by atoms with E-state index in [-0.39, 0.29) is 18.4 Å². The van der Waals surface area contributed by atoms with Crippen molar-refractivity contribution >= 4 is 17.6 Å². The van der Waals surface area contributed by atoms with Crippen molar-refractivity contribution in [1.29, 1.82) is 0 Å². The molecule has 0 aliphatic rings. The Balaban J connectivity index is 1.95. The Hall–Kier alpha value is -2.89. The van der Waals surface area contributed by atoms with Crippen LogP contribution in [-0.2, 0) is 17.8 Å². The first-order chi connectivity index (χ1) is 10.7. The van der Waals surface area contributed by atoms with Crippen LogP contribution in [0.2, 0.25) is 0 Å². The van der Waals surface area contributed by atoms with Gasteiger partial charge in [-0.2, -0.15) is 0 Å². The van der Waals surface area contributed by atoms with Crippen LogP contribution in [-0.4, -0.2) is 24.0 Å². The molecule has 3 N–H and O–H groups in total. The van der Waals surface area contributed by atoms with Crippen LogP contribution < -0.4 is 16.0 Å². The highest BCUT2D eigenvalue weighted by Crippen LogP contribution is 2.15. The fourth-order valence-electron chi connectivity index (χ4n) is 1.91. The summed E-state index contributed by atoms with van der Waals surface area (Å²) in [6.45, 7) is 0.386. The number of rotatable bonds is 5. The monoisotopic (exact) mass is 298 g/mol. The van der Waals surface area contributed by atoms with Gasteiger partial charge in [0.05, 0.1) is 6.42 Å². The molecule has 3 amide bonds. The van der Waals surface area contributed by atoms with Crippen LogP contribution in [0.15, 0.2) is 48.8 Å². The number of anilines is 1. The Kier molecular flexibility index (Phi) is 5.48. The summed E-state index contributed by atoms with van der Waals surface area (Å²) in [6.07, 6.45) is 3.59. The third kappa shape index (κ3) is 4.59. The zero-order chi connectivity index (χ0) is 15.8. The van der Waals surface area contributed by atoms with E-state index < -0.39 is 0 Å². The van der Waals surface area contributed by atoms with E-state index in [9.17, 15) is 9.59 Å². The smallest absolute Gasteiger partial charge is 0.319 e. The molecule has 0 atom stereocenters. The number of carbonyl (C=O) groups excluding carboxylic acids is 2. The summed E-state index contributed by atoms with van der Waals surface area (Å²) in [7, 11) is 1.58. The normalized spacial score (nSPS) is 9.86. The third-order valence-corrected chi connectivity index (χ3v) is 3.07. The molecule has 0 spiro atoms. The maximum absolute atomic E-state index is 12.0. The Labute approximate surface area is 129 Å². The van der Waals surface area contributed by atoms with Gasteiger partial charge in [0.25, 0.3) is 0 Å². The first kappa shape index (κ1) is 15.5. The summed E-state index contributed by atoms with van der Waals surface area (Å²) < 4.78 is 0. The highest BCUT2D eigenvalue weighted by molar-refractivity contribution is 5.91. The van der Waals surface area contributed by atoms with Crippen LogP contribution in [0, 0.1) is 0 Å². The van der Waals surface area contributed by atoms with Gasteiger partial charge in [-0.1, -0.05) is 24.3 Å². The molecule has 6 nitrogen and oxygen atoms in total. The minimum absolute atomic E-state index is 0.106. The quantitative estimate of drug-likeness (QED) is 0.785. The zero-order valence-electron chi connectivity index (χ0n) is 12.3. The van der Waals surface area contributed by atoms with Crippen LogP contribution >= 0.6 is 0 Å². The SMILES string of the molecule is CNC(=O)Cc1ccccc1NC(=O)NCc1cccnc1. The first-order valence-electron chi connectivity index (χ1n) is 6.91. The molecule has 0 saturated carbocycles. The van der Waals surface area contributed by atoms with E-state index in [1.807, 2.05) is 30.3 Å². The van der Waals surface area contributed by atoms with Gasteiger partial charge in [0, 0.05) is 31.7 Å². The number of hydrogen-bond donors (Lipinski definition) is 3. The van der Waals surface area contributed by atoms with E-state index in [2.05, 4.69) is 20.9 Å². The summed E-state index contributed by atoms with van der Waals surface area (Å²) in [5.74, 6) is -0.106. The second-order valence-corrected chi connectivity index (χ2v) is 4.68. The molecular formula is C16H18N4O2. The molecule has 1 heterocycles. The van der Waals surface area contributed by atoms with Crippen LogP contribution in [0.5, 0.6) is 0 Å². The van der Waals surface area contributed by atoms with Crippen molar-refractivity contribution < 1.29 is 9.59 Å². The number of pyridine rings is 1. The topological polar surface area (TPSA) is 83.1 Å². The second kappa shape index (κ2) is 7.78. The minimum atomic E-state index is -0.326. The Bertz CT molecular complexity index is 644. The molecule has 0 radical (unpaired) electrons. The first-order valence-corrected chi connectivity index (χ1v) is 6.91. The Morgan fingerprint density at radius 1 is 1.14 bits per heavy atom. The van der Waals surface area contributed by atoms with Crippen LogP contribution in [0.3, 0.4) is 0 Å². The number of nitrogens with zero attached hydrogens (tertiary/aromatic N) is 1. The van der Waals surface area contributed by atoms with E-state index in [0.29, 0.717) is 12.2 Å². The van der Waals surface area contributed by atoms with Gasteiger partial charge in [0.2, 0.25) is 5.91 Å². The van der Waals surface area contributed by atoms with Gasteiger partial charge in [0.1, 0.15) is 0 Å². The molecule has 2 rings (SSSR count). The zero-order valence-corrected chi connectivity index (χ0v) is 12.3. The standard InChI is InChI=1S/C16H18N4O2/c1-17-15(21)9-13-6-2-3-7-14(13)20-16(22)19-11-12-5-4-8-18-10-12/h2-8,10H,9,11H2,1H3,(H,17,21)(H2,19,20,22). The lowest BCUT2D eigenvalue weighted by atomic mass is 10.1. The maximum Gasteiger partial charge on any atom is 0.319 e. The van der Waals surface area contributed by atoms with Gasteiger partial charge >= 0.3 is 6.03 Å². The van der Waals surface area contributed by atoms with E-state index in [0.717, 1.165) is 11.1 Å². The van der Waals surface area contributed by atoms with Crippen LogP contribution in [0.1, 0.15) is 11.1 Å². The van der Waals surface area contributed by atoms with Gasteiger partial charge in [-0.25, -0.2) is 4.79 Å². The van der Waals surface area contributed by atoms with Crippen molar-refractivity contribution in [3.05, 3.63) is 59.9 Å². The highest BCUT2D eigenvalue weighted by Gasteiger charge is 2.09. The van der Waals surface area contributed by atoms with Crippen LogP contribution in [0.25, 0.3) is 0 Å². The van der Waals surface area contributed by atoms with Crippen molar-refractivity contribution in [3.63, 3.8) is 0 Å². The number of benzene rings is 1. The summed E-state index contributed by atoms with van der Waals surface area (Å²) in [5.41, 5.74) is 2.30. The molecule has 114 valence electrons. The van der Waals surface area contributed by atoms with Gasteiger partial charge in [-0.05, 0) is 23.3 Å². The van der Waals surface area contributed by atoms with Gasteiger partial charge < -0.3 is 16.0 Å². The molecule has 0 saturated heterocycles. The largest absolute Gasteiger partial charge is 0.359 e. The number of likely N-dealkylation sites (N-methyl/N-ethyl adjacent to an activating group) is 1. The number of carbonyl (C=O) groups is 2. The van der Waals surface area contributed by atoms with E-state index in [1.165, 1.54) is 0 Å². The molecule has 6 heteroatoms. The predicted octanol–water partition coefficient (Wildman–Crippen LogP) is 1.69. The molecule has 0 fully saturated rings. The summed E-state index contributed by atoms with van der Waals surface area (Å²) in [5, 5.41) is 8.08.